The maximum Gasteiger partial charge on any atom is 0.249 e. The fraction of sp³-hybridized carbons (Fsp3) is 0.300. The number of nitrogens with zero attached hydrogens (tertiary/aromatic N) is 1. The third-order valence-corrected chi connectivity index (χ3v) is 6.18. The summed E-state index contributed by atoms with van der Waals surface area (Å²) >= 11 is 13.6. The van der Waals surface area contributed by atoms with Gasteiger partial charge in [0.05, 0.1) is 17.7 Å². The minimum Gasteiger partial charge on any atom is -0.495 e. The van der Waals surface area contributed by atoms with Crippen molar-refractivity contribution in [1.29, 1.82) is 5.26 Å². The van der Waals surface area contributed by atoms with E-state index in [1.807, 2.05) is 0 Å². The predicted octanol–water partition coefficient (Wildman–Crippen LogP) is 5.71. The molecule has 1 aliphatic rings. The molecule has 0 saturated carbocycles. The van der Waals surface area contributed by atoms with Gasteiger partial charge in [-0.3, -0.25) is 4.79 Å². The molecule has 0 radical (unpaired) electrons. The maximum absolute atomic E-state index is 12.4. The SMILES string of the molecule is COc1c(Cl)cc(Cl)cc1/C=C/C(=O)Nc1sc2c(c1C#N)CC[C@H](C)C2. The number of hydrogen-bond acceptors (Lipinski definition) is 4. The Hall–Kier alpha value is -2.00. The molecule has 1 aliphatic carbocycles. The zero-order chi connectivity index (χ0) is 19.6. The fourth-order valence-electron chi connectivity index (χ4n) is 3.20. The van der Waals surface area contributed by atoms with Crippen LogP contribution in [0.4, 0.5) is 5.00 Å². The lowest BCUT2D eigenvalue weighted by atomic mass is 9.89. The van der Waals surface area contributed by atoms with Gasteiger partial charge in [0.2, 0.25) is 5.91 Å². The van der Waals surface area contributed by atoms with Crippen molar-refractivity contribution in [3.8, 4) is 11.8 Å². The second-order valence-electron chi connectivity index (χ2n) is 6.50. The lowest BCUT2D eigenvalue weighted by molar-refractivity contribution is -0.111. The largest absolute Gasteiger partial charge is 0.495 e. The molecular formula is C20H18Cl2N2O2S. The van der Waals surface area contributed by atoms with Crippen LogP contribution in [0.15, 0.2) is 18.2 Å². The third-order valence-electron chi connectivity index (χ3n) is 4.52. The first kappa shape index (κ1) is 19.8. The molecule has 27 heavy (non-hydrogen) atoms. The van der Waals surface area contributed by atoms with Crippen molar-refractivity contribution in [3.63, 3.8) is 0 Å². The number of fused-ring (bicyclic) bond motifs is 1. The van der Waals surface area contributed by atoms with Gasteiger partial charge in [-0.25, -0.2) is 0 Å². The van der Waals surface area contributed by atoms with Crippen molar-refractivity contribution >= 4 is 51.5 Å². The minimum atomic E-state index is -0.323. The molecule has 1 N–H and O–H groups in total. The van der Waals surface area contributed by atoms with Gasteiger partial charge in [0.15, 0.2) is 0 Å². The molecule has 0 aliphatic heterocycles. The van der Waals surface area contributed by atoms with Crippen LogP contribution in [-0.2, 0) is 17.6 Å². The van der Waals surface area contributed by atoms with E-state index < -0.39 is 0 Å². The van der Waals surface area contributed by atoms with Gasteiger partial charge < -0.3 is 10.1 Å². The van der Waals surface area contributed by atoms with E-state index in [-0.39, 0.29) is 5.91 Å². The molecule has 1 heterocycles. The predicted molar refractivity (Wildman–Crippen MR) is 111 cm³/mol. The van der Waals surface area contributed by atoms with Crippen molar-refractivity contribution in [2.75, 3.05) is 12.4 Å². The highest BCUT2D eigenvalue weighted by Gasteiger charge is 2.24. The number of anilines is 1. The molecule has 0 bridgehead atoms. The number of carbonyl (C=O) groups excluding carboxylic acids is 1. The lowest BCUT2D eigenvalue weighted by Crippen LogP contribution is -2.10. The average molecular weight is 421 g/mol. The number of amides is 1. The van der Waals surface area contributed by atoms with E-state index in [1.165, 1.54) is 29.4 Å². The van der Waals surface area contributed by atoms with Gasteiger partial charge in [-0.1, -0.05) is 30.1 Å². The van der Waals surface area contributed by atoms with Crippen LogP contribution in [-0.4, -0.2) is 13.0 Å². The number of methoxy groups -OCH3 is 1. The zero-order valence-electron chi connectivity index (χ0n) is 14.9. The maximum atomic E-state index is 12.4. The summed E-state index contributed by atoms with van der Waals surface area (Å²) in [5, 5.41) is 13.8. The highest BCUT2D eigenvalue weighted by Crippen LogP contribution is 2.39. The summed E-state index contributed by atoms with van der Waals surface area (Å²) in [5.74, 6) is 0.728. The van der Waals surface area contributed by atoms with Crippen LogP contribution in [0.25, 0.3) is 6.08 Å². The number of hydrogen-bond donors (Lipinski definition) is 1. The molecular weight excluding hydrogens is 403 g/mol. The summed E-state index contributed by atoms with van der Waals surface area (Å²) in [7, 11) is 1.50. The number of nitriles is 1. The van der Waals surface area contributed by atoms with Crippen molar-refractivity contribution in [3.05, 3.63) is 49.8 Å². The third kappa shape index (κ3) is 4.30. The van der Waals surface area contributed by atoms with E-state index in [0.717, 1.165) is 24.8 Å². The van der Waals surface area contributed by atoms with Crippen LogP contribution < -0.4 is 10.1 Å². The standard InChI is InChI=1S/C20H18Cl2N2O2S/c1-11-3-5-14-15(10-23)20(27-17(14)7-11)24-18(25)6-4-12-8-13(21)9-16(22)19(12)26-2/h4,6,8-9,11H,3,5,7H2,1-2H3,(H,24,25)/b6-4+/t11-/m0/s1. The van der Waals surface area contributed by atoms with Crippen LogP contribution in [0, 0.1) is 17.2 Å². The molecule has 7 heteroatoms. The first-order valence-corrected chi connectivity index (χ1v) is 10.1. The monoisotopic (exact) mass is 420 g/mol. The number of rotatable bonds is 4. The Morgan fingerprint density at radius 3 is 2.93 bits per heavy atom. The highest BCUT2D eigenvalue weighted by atomic mass is 35.5. The Labute approximate surface area is 172 Å². The van der Waals surface area contributed by atoms with Gasteiger partial charge in [0.25, 0.3) is 0 Å². The molecule has 1 aromatic carbocycles. The van der Waals surface area contributed by atoms with Gasteiger partial charge >= 0.3 is 0 Å². The van der Waals surface area contributed by atoms with Gasteiger partial charge in [0.1, 0.15) is 16.8 Å². The van der Waals surface area contributed by atoms with Crippen LogP contribution >= 0.6 is 34.5 Å². The Kier molecular flexibility index (Phi) is 6.11. The van der Waals surface area contributed by atoms with Gasteiger partial charge in [-0.15, -0.1) is 11.3 Å². The van der Waals surface area contributed by atoms with E-state index >= 15 is 0 Å². The van der Waals surface area contributed by atoms with Crippen LogP contribution in [0.3, 0.4) is 0 Å². The number of ether oxygens (including phenoxy) is 1. The lowest BCUT2D eigenvalue weighted by Gasteiger charge is -2.17. The molecule has 1 amide bonds. The first-order valence-electron chi connectivity index (χ1n) is 8.49. The normalized spacial score (nSPS) is 16.0. The van der Waals surface area contributed by atoms with Gasteiger partial charge in [-0.2, -0.15) is 5.26 Å². The quantitative estimate of drug-likeness (QED) is 0.643. The fourth-order valence-corrected chi connectivity index (χ4v) is 5.15. The number of nitrogens with one attached hydrogen (secondary N) is 1. The van der Waals surface area contributed by atoms with Crippen molar-refractivity contribution in [2.24, 2.45) is 5.92 Å². The number of benzene rings is 1. The van der Waals surface area contributed by atoms with E-state index in [0.29, 0.717) is 37.8 Å². The molecule has 0 saturated heterocycles. The molecule has 140 valence electrons. The number of thiophene rings is 1. The summed E-state index contributed by atoms with van der Waals surface area (Å²) < 4.78 is 5.27. The Balaban J connectivity index is 1.81. The molecule has 2 aromatic rings. The average Bonchev–Trinajstić information content (AvgIpc) is 2.95. The van der Waals surface area contributed by atoms with Crippen molar-refractivity contribution in [1.82, 2.24) is 0 Å². The molecule has 1 atom stereocenters. The molecule has 0 spiro atoms. The smallest absolute Gasteiger partial charge is 0.249 e. The van der Waals surface area contributed by atoms with Crippen molar-refractivity contribution < 1.29 is 9.53 Å². The number of carbonyl (C=O) groups is 1. The molecule has 1 aromatic heterocycles. The van der Waals surface area contributed by atoms with E-state index in [9.17, 15) is 10.1 Å². The summed E-state index contributed by atoms with van der Waals surface area (Å²) in [6.45, 7) is 2.21. The van der Waals surface area contributed by atoms with E-state index in [1.54, 1.807) is 18.2 Å². The molecule has 0 fully saturated rings. The summed E-state index contributed by atoms with van der Waals surface area (Å²) in [4.78, 5) is 13.6. The summed E-state index contributed by atoms with van der Waals surface area (Å²) in [5.41, 5.74) is 2.28. The van der Waals surface area contributed by atoms with Gasteiger partial charge in [0, 0.05) is 21.5 Å². The minimum absolute atomic E-state index is 0.323. The topological polar surface area (TPSA) is 62.1 Å². The van der Waals surface area contributed by atoms with E-state index in [2.05, 4.69) is 18.3 Å². The summed E-state index contributed by atoms with van der Waals surface area (Å²) in [6, 6.07) is 5.50. The van der Waals surface area contributed by atoms with Crippen LogP contribution in [0.2, 0.25) is 10.0 Å². The summed E-state index contributed by atoms with van der Waals surface area (Å²) in [6.07, 6.45) is 5.89. The second-order valence-corrected chi connectivity index (χ2v) is 8.45. The van der Waals surface area contributed by atoms with Crippen molar-refractivity contribution in [2.45, 2.75) is 26.2 Å². The van der Waals surface area contributed by atoms with Crippen LogP contribution in [0.5, 0.6) is 5.75 Å². The second kappa shape index (κ2) is 8.35. The number of halogens is 2. The molecule has 4 nitrogen and oxygen atoms in total. The Morgan fingerprint density at radius 2 is 2.22 bits per heavy atom. The Morgan fingerprint density at radius 1 is 1.44 bits per heavy atom. The zero-order valence-corrected chi connectivity index (χ0v) is 17.3. The highest BCUT2D eigenvalue weighted by molar-refractivity contribution is 7.16. The Bertz CT molecular complexity index is 960. The van der Waals surface area contributed by atoms with Gasteiger partial charge in [-0.05, 0) is 49.0 Å². The van der Waals surface area contributed by atoms with E-state index in [4.69, 9.17) is 27.9 Å². The molecule has 0 unspecified atom stereocenters. The van der Waals surface area contributed by atoms with Crippen LogP contribution in [0.1, 0.15) is 34.9 Å². The molecule has 3 rings (SSSR count). The first-order chi connectivity index (χ1) is 12.9.